The third-order valence-electron chi connectivity index (χ3n) is 8.02. The largest absolute Gasteiger partial charge is 0.477 e. The smallest absolute Gasteiger partial charge is 0.346 e. The van der Waals surface area contributed by atoms with E-state index in [-0.39, 0.29) is 5.57 Å². The van der Waals surface area contributed by atoms with E-state index in [0.717, 1.165) is 64.4 Å². The molecule has 5 aromatic carbocycles. The van der Waals surface area contributed by atoms with Gasteiger partial charge in [0.15, 0.2) is 0 Å². The molecule has 52 heavy (non-hydrogen) atoms. The van der Waals surface area contributed by atoms with Crippen molar-refractivity contribution in [1.82, 2.24) is 0 Å². The minimum absolute atomic E-state index is 0.283. The van der Waals surface area contributed by atoms with Crippen LogP contribution in [0.4, 0.5) is 17.1 Å². The molecule has 7 aromatic rings. The number of aliphatic carboxylic acids is 1. The van der Waals surface area contributed by atoms with Crippen LogP contribution in [-0.2, 0) is 4.79 Å². The van der Waals surface area contributed by atoms with Crippen LogP contribution in [0, 0.1) is 35.0 Å². The first-order valence-corrected chi connectivity index (χ1v) is 18.0. The zero-order valence-corrected chi connectivity index (χ0v) is 29.3. The van der Waals surface area contributed by atoms with Crippen molar-refractivity contribution in [3.8, 4) is 49.9 Å². The molecule has 0 saturated carbocycles. The van der Waals surface area contributed by atoms with E-state index < -0.39 is 5.97 Å². The highest BCUT2D eigenvalue weighted by Gasteiger charge is 2.14. The molecule has 2 aromatic heterocycles. The molecule has 0 aliphatic carbocycles. The lowest BCUT2D eigenvalue weighted by Crippen LogP contribution is -2.09. The Kier molecular flexibility index (Phi) is 10.2. The molecule has 2 heterocycles. The lowest BCUT2D eigenvalue weighted by molar-refractivity contribution is -0.132. The number of carboxylic acid groups (broad SMARTS) is 1. The van der Waals surface area contributed by atoms with E-state index in [2.05, 4.69) is 89.2 Å². The molecule has 1 N–H and O–H groups in total. The molecular weight excluding hydrogens is 677 g/mol. The van der Waals surface area contributed by atoms with Crippen molar-refractivity contribution in [1.29, 1.82) is 5.26 Å². The number of hydrogen-bond donors (Lipinski definition) is 1. The number of benzene rings is 5. The SMILES string of the molecule is N#C/C(=C\c1ccc(-c2ccc(-c3ccc(N(c4ccc(C#Cc5ccccc5)cc4)c4ccc(C#Cc5ccccc5)cc4)cc3)s2)s1)C(=O)O. The van der Waals surface area contributed by atoms with Crippen molar-refractivity contribution >= 4 is 51.8 Å². The summed E-state index contributed by atoms with van der Waals surface area (Å²) in [6.07, 6.45) is 1.41. The number of carbonyl (C=O) groups is 1. The van der Waals surface area contributed by atoms with Gasteiger partial charge in [-0.05, 0) is 121 Å². The first-order chi connectivity index (χ1) is 25.5. The number of carboxylic acids is 1. The van der Waals surface area contributed by atoms with Crippen molar-refractivity contribution in [3.05, 3.63) is 190 Å². The van der Waals surface area contributed by atoms with Crippen molar-refractivity contribution in [3.63, 3.8) is 0 Å². The van der Waals surface area contributed by atoms with E-state index in [1.807, 2.05) is 97.1 Å². The summed E-state index contributed by atoms with van der Waals surface area (Å²) in [5.41, 5.74) is 7.64. The molecule has 0 bridgehead atoms. The summed E-state index contributed by atoms with van der Waals surface area (Å²) < 4.78 is 0. The highest BCUT2D eigenvalue weighted by Crippen LogP contribution is 2.40. The number of anilines is 3. The number of nitrogens with zero attached hydrogens (tertiary/aromatic N) is 2. The summed E-state index contributed by atoms with van der Waals surface area (Å²) in [5, 5.41) is 18.3. The maximum atomic E-state index is 11.3. The van der Waals surface area contributed by atoms with Crippen LogP contribution in [0.25, 0.3) is 26.3 Å². The highest BCUT2D eigenvalue weighted by atomic mass is 32.1. The van der Waals surface area contributed by atoms with Gasteiger partial charge in [0.05, 0.1) is 0 Å². The molecule has 0 atom stereocenters. The van der Waals surface area contributed by atoms with Gasteiger partial charge >= 0.3 is 5.97 Å². The van der Waals surface area contributed by atoms with Gasteiger partial charge < -0.3 is 10.0 Å². The Morgan fingerprint density at radius 1 is 0.519 bits per heavy atom. The Labute approximate surface area is 310 Å². The van der Waals surface area contributed by atoms with E-state index in [1.54, 1.807) is 17.4 Å². The van der Waals surface area contributed by atoms with Gasteiger partial charge in [0.25, 0.3) is 0 Å². The topological polar surface area (TPSA) is 64.3 Å². The van der Waals surface area contributed by atoms with E-state index in [0.29, 0.717) is 0 Å². The minimum atomic E-state index is -1.23. The Hall–Kier alpha value is -6.88. The summed E-state index contributed by atoms with van der Waals surface area (Å²) in [6.45, 7) is 0. The van der Waals surface area contributed by atoms with Gasteiger partial charge in [-0.1, -0.05) is 72.2 Å². The lowest BCUT2D eigenvalue weighted by atomic mass is 10.1. The minimum Gasteiger partial charge on any atom is -0.477 e. The predicted octanol–water partition coefficient (Wildman–Crippen LogP) is 11.4. The molecular formula is C46H28N2O2S2. The van der Waals surface area contributed by atoms with Crippen LogP contribution in [0.15, 0.2) is 163 Å². The fraction of sp³-hybridized carbons (Fsp3) is 0. The standard InChI is InChI=1S/C46H28N2O2S2/c47-32-38(46(49)50)31-42-27-28-44(51-42)45-30-29-43(52-45)37-19-25-41(26-20-37)48(39-21-15-35(16-22-39)13-11-33-7-3-1-4-8-33)40-23-17-36(18-24-40)14-12-34-9-5-2-6-10-34/h1-10,15-31H,(H,49,50)/b38-31+. The first-order valence-electron chi connectivity index (χ1n) is 16.3. The van der Waals surface area contributed by atoms with Gasteiger partial charge in [0, 0.05) is 58.8 Å². The van der Waals surface area contributed by atoms with Gasteiger partial charge in [0.2, 0.25) is 0 Å². The van der Waals surface area contributed by atoms with Crippen molar-refractivity contribution in [2.75, 3.05) is 4.90 Å². The van der Waals surface area contributed by atoms with Crippen LogP contribution in [0.5, 0.6) is 0 Å². The molecule has 0 aliphatic heterocycles. The molecule has 0 saturated heterocycles. The van der Waals surface area contributed by atoms with Crippen LogP contribution < -0.4 is 4.90 Å². The average molecular weight is 705 g/mol. The molecule has 6 heteroatoms. The monoisotopic (exact) mass is 704 g/mol. The molecule has 0 fully saturated rings. The number of thiophene rings is 2. The maximum absolute atomic E-state index is 11.3. The third kappa shape index (κ3) is 8.11. The molecule has 246 valence electrons. The molecule has 0 aliphatic rings. The second kappa shape index (κ2) is 15.8. The molecule has 7 rings (SSSR count). The fourth-order valence-electron chi connectivity index (χ4n) is 5.41. The third-order valence-corrected chi connectivity index (χ3v) is 10.4. The van der Waals surface area contributed by atoms with Crippen LogP contribution in [0.2, 0.25) is 0 Å². The van der Waals surface area contributed by atoms with E-state index >= 15 is 0 Å². The second-order valence-corrected chi connectivity index (χ2v) is 13.7. The second-order valence-electron chi connectivity index (χ2n) is 11.5. The predicted molar refractivity (Wildman–Crippen MR) is 214 cm³/mol. The van der Waals surface area contributed by atoms with Crippen molar-refractivity contribution < 1.29 is 9.90 Å². The molecule has 4 nitrogen and oxygen atoms in total. The fourth-order valence-corrected chi connectivity index (χ4v) is 7.47. The summed E-state index contributed by atoms with van der Waals surface area (Å²) >= 11 is 3.13. The summed E-state index contributed by atoms with van der Waals surface area (Å²) in [5.74, 6) is 11.8. The van der Waals surface area contributed by atoms with Crippen molar-refractivity contribution in [2.24, 2.45) is 0 Å². The van der Waals surface area contributed by atoms with Crippen LogP contribution in [0.1, 0.15) is 27.1 Å². The Bertz CT molecular complexity index is 2430. The average Bonchev–Trinajstić information content (AvgIpc) is 3.88. The highest BCUT2D eigenvalue weighted by molar-refractivity contribution is 7.24. The summed E-state index contributed by atoms with van der Waals surface area (Å²) in [7, 11) is 0. The Morgan fingerprint density at radius 2 is 0.942 bits per heavy atom. The number of rotatable bonds is 7. The molecule has 0 unspecified atom stereocenters. The van der Waals surface area contributed by atoms with Gasteiger partial charge in [-0.25, -0.2) is 4.79 Å². The van der Waals surface area contributed by atoms with Crippen LogP contribution in [-0.4, -0.2) is 11.1 Å². The number of nitriles is 1. The van der Waals surface area contributed by atoms with Crippen LogP contribution >= 0.6 is 22.7 Å². The van der Waals surface area contributed by atoms with Gasteiger partial charge in [-0.15, -0.1) is 22.7 Å². The van der Waals surface area contributed by atoms with Gasteiger partial charge in [-0.3, -0.25) is 0 Å². The normalized spacial score (nSPS) is 10.6. The summed E-state index contributed by atoms with van der Waals surface area (Å²) in [6, 6.07) is 54.8. The van der Waals surface area contributed by atoms with Crippen molar-refractivity contribution in [2.45, 2.75) is 0 Å². The van der Waals surface area contributed by atoms with Crippen LogP contribution in [0.3, 0.4) is 0 Å². The molecule has 0 spiro atoms. The molecule has 0 amide bonds. The number of hydrogen-bond acceptors (Lipinski definition) is 5. The van der Waals surface area contributed by atoms with E-state index in [9.17, 15) is 9.90 Å². The Balaban J connectivity index is 1.16. The zero-order valence-electron chi connectivity index (χ0n) is 27.7. The van der Waals surface area contributed by atoms with Gasteiger partial charge in [0.1, 0.15) is 11.6 Å². The van der Waals surface area contributed by atoms with E-state index in [4.69, 9.17) is 5.26 Å². The zero-order chi connectivity index (χ0) is 35.7. The quantitative estimate of drug-likeness (QED) is 0.102. The Morgan fingerprint density at radius 3 is 1.42 bits per heavy atom. The van der Waals surface area contributed by atoms with E-state index in [1.165, 1.54) is 17.4 Å². The molecule has 0 radical (unpaired) electrons. The summed E-state index contributed by atoms with van der Waals surface area (Å²) in [4.78, 5) is 17.4. The lowest BCUT2D eigenvalue weighted by Gasteiger charge is -2.25. The van der Waals surface area contributed by atoms with Gasteiger partial charge in [-0.2, -0.15) is 5.26 Å². The maximum Gasteiger partial charge on any atom is 0.346 e. The first kappa shape index (κ1) is 33.6.